The molecule has 2 bridgehead atoms. The third kappa shape index (κ3) is 1.51. The Morgan fingerprint density at radius 1 is 1.16 bits per heavy atom. The van der Waals surface area contributed by atoms with Crippen molar-refractivity contribution in [1.82, 2.24) is 0 Å². The minimum absolute atomic E-state index is 0.325. The molecule has 3 aliphatic rings. The van der Waals surface area contributed by atoms with Crippen LogP contribution in [0.4, 0.5) is 0 Å². The molecule has 1 spiro atoms. The molecule has 0 heterocycles. The molecule has 0 radical (unpaired) electrons. The Balaban J connectivity index is 2.18. The fourth-order valence-corrected chi connectivity index (χ4v) is 6.22. The van der Waals surface area contributed by atoms with Gasteiger partial charge in [0.15, 0.2) is 0 Å². The molecule has 1 N–H and O–H groups in total. The van der Waals surface area contributed by atoms with Crippen LogP contribution in [0.25, 0.3) is 0 Å². The normalized spacial score (nSPS) is 42.6. The van der Waals surface area contributed by atoms with E-state index < -0.39 is 0 Å². The maximum Gasteiger partial charge on any atom is 0.0468 e. The second-order valence-corrected chi connectivity index (χ2v) is 8.63. The van der Waals surface area contributed by atoms with Crippen molar-refractivity contribution in [3.8, 4) is 0 Å². The van der Waals surface area contributed by atoms with Gasteiger partial charge < -0.3 is 5.11 Å². The first-order valence-electron chi connectivity index (χ1n) is 8.10. The van der Waals surface area contributed by atoms with E-state index in [4.69, 9.17) is 0 Å². The lowest BCUT2D eigenvalue weighted by Gasteiger charge is -2.54. The van der Waals surface area contributed by atoms with E-state index in [1.54, 1.807) is 11.1 Å². The van der Waals surface area contributed by atoms with Gasteiger partial charge in [-0.2, -0.15) is 0 Å². The van der Waals surface area contributed by atoms with E-state index >= 15 is 0 Å². The lowest BCUT2D eigenvalue weighted by molar-refractivity contribution is 0.0700. The largest absolute Gasteiger partial charge is 0.396 e. The summed E-state index contributed by atoms with van der Waals surface area (Å²) in [4.78, 5) is 0. The van der Waals surface area contributed by atoms with Crippen molar-refractivity contribution >= 4 is 0 Å². The molecule has 108 valence electrons. The molecular formula is C18H30O. The fourth-order valence-electron chi connectivity index (χ4n) is 6.22. The summed E-state index contributed by atoms with van der Waals surface area (Å²) in [6.45, 7) is 12.7. The smallest absolute Gasteiger partial charge is 0.0468 e. The topological polar surface area (TPSA) is 20.2 Å². The first kappa shape index (κ1) is 13.7. The van der Waals surface area contributed by atoms with Gasteiger partial charge in [0.2, 0.25) is 0 Å². The molecule has 0 saturated heterocycles. The van der Waals surface area contributed by atoms with Crippen LogP contribution in [0.2, 0.25) is 0 Å². The van der Waals surface area contributed by atoms with Crippen LogP contribution in [-0.2, 0) is 0 Å². The van der Waals surface area contributed by atoms with Crippen LogP contribution in [0.15, 0.2) is 11.1 Å². The maximum atomic E-state index is 9.42. The molecule has 0 amide bonds. The van der Waals surface area contributed by atoms with E-state index in [2.05, 4.69) is 34.6 Å². The van der Waals surface area contributed by atoms with Crippen LogP contribution >= 0.6 is 0 Å². The molecule has 1 heteroatoms. The number of aliphatic hydroxyl groups excluding tert-OH is 1. The first-order valence-corrected chi connectivity index (χ1v) is 8.10. The Morgan fingerprint density at radius 2 is 1.84 bits per heavy atom. The molecule has 0 aliphatic heterocycles. The first-order chi connectivity index (χ1) is 8.76. The molecule has 2 saturated carbocycles. The number of allylic oxidation sites excluding steroid dienone is 1. The van der Waals surface area contributed by atoms with Gasteiger partial charge in [-0.15, -0.1) is 0 Å². The summed E-state index contributed by atoms with van der Waals surface area (Å²) >= 11 is 0. The highest BCUT2D eigenvalue weighted by molar-refractivity contribution is 5.41. The third-order valence-electron chi connectivity index (χ3n) is 7.09. The number of hydrogen-bond acceptors (Lipinski definition) is 1. The van der Waals surface area contributed by atoms with E-state index in [-0.39, 0.29) is 0 Å². The Hall–Kier alpha value is -0.300. The average Bonchev–Trinajstić information content (AvgIpc) is 2.75. The van der Waals surface area contributed by atoms with Crippen molar-refractivity contribution in [3.05, 3.63) is 11.1 Å². The summed E-state index contributed by atoms with van der Waals surface area (Å²) in [6.07, 6.45) is 6.23. The molecule has 3 atom stereocenters. The van der Waals surface area contributed by atoms with Gasteiger partial charge in [0.25, 0.3) is 0 Å². The van der Waals surface area contributed by atoms with E-state index in [0.717, 1.165) is 18.3 Å². The van der Waals surface area contributed by atoms with E-state index in [1.165, 1.54) is 25.7 Å². The average molecular weight is 262 g/mol. The number of hydrogen-bond donors (Lipinski definition) is 1. The molecular weight excluding hydrogens is 232 g/mol. The van der Waals surface area contributed by atoms with Crippen molar-refractivity contribution in [3.63, 3.8) is 0 Å². The van der Waals surface area contributed by atoms with Crippen LogP contribution in [0, 0.1) is 28.1 Å². The van der Waals surface area contributed by atoms with Gasteiger partial charge in [-0.1, -0.05) is 45.8 Å². The Morgan fingerprint density at radius 3 is 2.47 bits per heavy atom. The summed E-state index contributed by atoms with van der Waals surface area (Å²) in [5, 5.41) is 9.42. The van der Waals surface area contributed by atoms with Gasteiger partial charge in [-0.3, -0.25) is 0 Å². The van der Waals surface area contributed by atoms with Crippen LogP contribution in [-0.4, -0.2) is 11.7 Å². The third-order valence-corrected chi connectivity index (χ3v) is 7.09. The van der Waals surface area contributed by atoms with Gasteiger partial charge in [0.1, 0.15) is 0 Å². The Kier molecular flexibility index (Phi) is 2.79. The summed E-state index contributed by atoms with van der Waals surface area (Å²) in [7, 11) is 0. The SMILES string of the molecule is CC1CC23CC1C(C)(C)C2=C(CCO)CCC3(C)C. The molecule has 0 aromatic heterocycles. The van der Waals surface area contributed by atoms with E-state index in [9.17, 15) is 5.11 Å². The van der Waals surface area contributed by atoms with Crippen molar-refractivity contribution in [2.45, 2.75) is 66.7 Å². The minimum atomic E-state index is 0.325. The van der Waals surface area contributed by atoms with Crippen LogP contribution in [0.1, 0.15) is 66.7 Å². The molecule has 3 aliphatic carbocycles. The zero-order valence-corrected chi connectivity index (χ0v) is 13.3. The standard InChI is InChI=1S/C18H30O/c1-12-10-18-11-14(12)17(4,5)15(18)13(7-9-19)6-8-16(18,2)3/h12,14,19H,6-11H2,1-5H3. The summed E-state index contributed by atoms with van der Waals surface area (Å²) < 4.78 is 0. The second kappa shape index (κ2) is 3.87. The quantitative estimate of drug-likeness (QED) is 0.723. The van der Waals surface area contributed by atoms with Crippen molar-refractivity contribution < 1.29 is 5.11 Å². The molecule has 1 nitrogen and oxygen atoms in total. The predicted octanol–water partition coefficient (Wildman–Crippen LogP) is 4.56. The van der Waals surface area contributed by atoms with Crippen molar-refractivity contribution in [2.75, 3.05) is 6.61 Å². The molecule has 3 rings (SSSR count). The fraction of sp³-hybridized carbons (Fsp3) is 0.889. The van der Waals surface area contributed by atoms with Crippen LogP contribution < -0.4 is 0 Å². The zero-order chi connectivity index (χ0) is 14.1. The zero-order valence-electron chi connectivity index (χ0n) is 13.3. The van der Waals surface area contributed by atoms with Gasteiger partial charge in [0.05, 0.1) is 0 Å². The van der Waals surface area contributed by atoms with E-state index in [1.807, 2.05) is 0 Å². The van der Waals surface area contributed by atoms with Gasteiger partial charge in [-0.05, 0) is 60.2 Å². The van der Waals surface area contributed by atoms with E-state index in [0.29, 0.717) is 22.9 Å². The molecule has 3 unspecified atom stereocenters. The van der Waals surface area contributed by atoms with Crippen molar-refractivity contribution in [2.24, 2.45) is 28.1 Å². The summed E-state index contributed by atoms with van der Waals surface area (Å²) in [5.41, 5.74) is 4.64. The van der Waals surface area contributed by atoms with Gasteiger partial charge in [0, 0.05) is 6.61 Å². The van der Waals surface area contributed by atoms with Crippen LogP contribution in [0.5, 0.6) is 0 Å². The lowest BCUT2D eigenvalue weighted by atomic mass is 9.51. The number of rotatable bonds is 2. The predicted molar refractivity (Wildman–Crippen MR) is 79.8 cm³/mol. The highest BCUT2D eigenvalue weighted by Crippen LogP contribution is 2.76. The molecule has 2 fully saturated rings. The second-order valence-electron chi connectivity index (χ2n) is 8.63. The minimum Gasteiger partial charge on any atom is -0.396 e. The number of aliphatic hydroxyl groups is 1. The maximum absolute atomic E-state index is 9.42. The highest BCUT2D eigenvalue weighted by atomic mass is 16.2. The molecule has 0 aromatic rings. The van der Waals surface area contributed by atoms with Gasteiger partial charge >= 0.3 is 0 Å². The van der Waals surface area contributed by atoms with Crippen molar-refractivity contribution in [1.29, 1.82) is 0 Å². The Labute approximate surface area is 118 Å². The highest BCUT2D eigenvalue weighted by Gasteiger charge is 2.67. The number of fused-ring (bicyclic) bond motifs is 1. The van der Waals surface area contributed by atoms with Gasteiger partial charge in [-0.25, -0.2) is 0 Å². The Bertz CT molecular complexity index is 429. The molecule has 19 heavy (non-hydrogen) atoms. The lowest BCUT2D eigenvalue weighted by Crippen LogP contribution is -2.44. The molecule has 0 aromatic carbocycles. The monoisotopic (exact) mass is 262 g/mol. The summed E-state index contributed by atoms with van der Waals surface area (Å²) in [5.74, 6) is 1.72. The van der Waals surface area contributed by atoms with Crippen LogP contribution in [0.3, 0.4) is 0 Å². The summed E-state index contributed by atoms with van der Waals surface area (Å²) in [6, 6.07) is 0.